The highest BCUT2D eigenvalue weighted by atomic mass is 32.2. The number of sulfonamides is 1. The number of nitrogens with one attached hydrogen (secondary N) is 2. The lowest BCUT2D eigenvalue weighted by Crippen LogP contribution is -2.38. The number of anilines is 1. The summed E-state index contributed by atoms with van der Waals surface area (Å²) in [6.45, 7) is 3.03. The van der Waals surface area contributed by atoms with Crippen LogP contribution in [0.3, 0.4) is 0 Å². The second kappa shape index (κ2) is 6.49. The highest BCUT2D eigenvalue weighted by molar-refractivity contribution is 7.89. The van der Waals surface area contributed by atoms with Crippen molar-refractivity contribution >= 4 is 21.7 Å². The predicted molar refractivity (Wildman–Crippen MR) is 89.1 cm³/mol. The van der Waals surface area contributed by atoms with Crippen LogP contribution >= 0.6 is 0 Å². The van der Waals surface area contributed by atoms with E-state index >= 15 is 0 Å². The van der Waals surface area contributed by atoms with Gasteiger partial charge in [-0.05, 0) is 49.9 Å². The largest absolute Gasteiger partial charge is 0.338 e. The predicted octanol–water partition coefficient (Wildman–Crippen LogP) is 2.00. The van der Waals surface area contributed by atoms with Gasteiger partial charge in [-0.3, -0.25) is 4.90 Å². The van der Waals surface area contributed by atoms with Crippen molar-refractivity contribution in [1.29, 1.82) is 0 Å². The number of hydrogen-bond donors (Lipinski definition) is 2. The number of nitrogens with zero attached hydrogens (tertiary/aromatic N) is 1. The Morgan fingerprint density at radius 1 is 1.30 bits per heavy atom. The summed E-state index contributed by atoms with van der Waals surface area (Å²) in [7, 11) is -3.48. The minimum Gasteiger partial charge on any atom is -0.338 e. The summed E-state index contributed by atoms with van der Waals surface area (Å²) in [5.41, 5.74) is 1.71. The summed E-state index contributed by atoms with van der Waals surface area (Å²) in [5, 5.41) is 2.78. The lowest BCUT2D eigenvalue weighted by molar-refractivity contribution is 0.247. The first-order valence-corrected chi connectivity index (χ1v) is 9.70. The van der Waals surface area contributed by atoms with Gasteiger partial charge >= 0.3 is 6.03 Å². The first-order chi connectivity index (χ1) is 11.0. The minimum absolute atomic E-state index is 0.0556. The SMILES string of the molecule is CCNC(=O)N1CCc2cc(S(=O)(=O)NC3CCCC3)ccc21. The Balaban J connectivity index is 1.80. The van der Waals surface area contributed by atoms with Gasteiger partial charge < -0.3 is 5.32 Å². The van der Waals surface area contributed by atoms with Crippen LogP contribution in [0.2, 0.25) is 0 Å². The monoisotopic (exact) mass is 337 g/mol. The number of benzene rings is 1. The molecule has 0 spiro atoms. The minimum atomic E-state index is -3.48. The van der Waals surface area contributed by atoms with E-state index in [0.29, 0.717) is 24.4 Å². The van der Waals surface area contributed by atoms with Crippen molar-refractivity contribution in [2.24, 2.45) is 0 Å². The molecule has 23 heavy (non-hydrogen) atoms. The van der Waals surface area contributed by atoms with E-state index in [9.17, 15) is 13.2 Å². The Kier molecular flexibility index (Phi) is 4.59. The highest BCUT2D eigenvalue weighted by Gasteiger charge is 2.28. The highest BCUT2D eigenvalue weighted by Crippen LogP contribution is 2.30. The van der Waals surface area contributed by atoms with E-state index in [1.165, 1.54) is 0 Å². The van der Waals surface area contributed by atoms with Crippen molar-refractivity contribution in [3.8, 4) is 0 Å². The molecule has 2 aliphatic rings. The van der Waals surface area contributed by atoms with Crippen LogP contribution < -0.4 is 14.9 Å². The van der Waals surface area contributed by atoms with E-state index in [1.807, 2.05) is 6.92 Å². The molecule has 0 bridgehead atoms. The quantitative estimate of drug-likeness (QED) is 0.882. The maximum atomic E-state index is 12.5. The standard InChI is InChI=1S/C16H23N3O3S/c1-2-17-16(20)19-10-9-12-11-14(7-8-15(12)19)23(21,22)18-13-5-3-4-6-13/h7-8,11,13,18H,2-6,9-10H2,1H3,(H,17,20). The van der Waals surface area contributed by atoms with Gasteiger partial charge in [-0.15, -0.1) is 0 Å². The fourth-order valence-corrected chi connectivity index (χ4v) is 4.69. The summed E-state index contributed by atoms with van der Waals surface area (Å²) >= 11 is 0. The van der Waals surface area contributed by atoms with Crippen LogP contribution in [0, 0.1) is 0 Å². The second-order valence-corrected chi connectivity index (χ2v) is 7.84. The molecule has 6 nitrogen and oxygen atoms in total. The van der Waals surface area contributed by atoms with Gasteiger partial charge in [0.05, 0.1) is 4.90 Å². The third-order valence-electron chi connectivity index (χ3n) is 4.51. The maximum Gasteiger partial charge on any atom is 0.321 e. The molecule has 2 amide bonds. The van der Waals surface area contributed by atoms with Crippen molar-refractivity contribution < 1.29 is 13.2 Å². The van der Waals surface area contributed by atoms with E-state index in [2.05, 4.69) is 10.0 Å². The molecule has 0 radical (unpaired) electrons. The van der Waals surface area contributed by atoms with Crippen LogP contribution in [0.25, 0.3) is 0 Å². The van der Waals surface area contributed by atoms with Gasteiger partial charge in [0.15, 0.2) is 0 Å². The molecule has 0 aromatic heterocycles. The van der Waals surface area contributed by atoms with Gasteiger partial charge in [0.2, 0.25) is 10.0 Å². The first kappa shape index (κ1) is 16.3. The van der Waals surface area contributed by atoms with Crippen molar-refractivity contribution in [2.45, 2.75) is 50.0 Å². The van der Waals surface area contributed by atoms with E-state index in [4.69, 9.17) is 0 Å². The summed E-state index contributed by atoms with van der Waals surface area (Å²) in [4.78, 5) is 14.0. The van der Waals surface area contributed by atoms with Gasteiger partial charge in [-0.2, -0.15) is 0 Å². The Morgan fingerprint density at radius 3 is 2.74 bits per heavy atom. The van der Waals surface area contributed by atoms with Gasteiger partial charge in [0, 0.05) is 24.8 Å². The summed E-state index contributed by atoms with van der Waals surface area (Å²) in [6.07, 6.45) is 4.67. The molecule has 3 rings (SSSR count). The van der Waals surface area contributed by atoms with Crippen LogP contribution in [0.1, 0.15) is 38.2 Å². The number of urea groups is 1. The zero-order valence-electron chi connectivity index (χ0n) is 13.3. The smallest absolute Gasteiger partial charge is 0.321 e. The molecule has 0 unspecified atom stereocenters. The Labute approximate surface area is 137 Å². The Hall–Kier alpha value is -1.60. The lowest BCUT2D eigenvalue weighted by Gasteiger charge is -2.18. The molecular formula is C16H23N3O3S. The van der Waals surface area contributed by atoms with Crippen molar-refractivity contribution in [2.75, 3.05) is 18.0 Å². The van der Waals surface area contributed by atoms with Crippen molar-refractivity contribution in [1.82, 2.24) is 10.0 Å². The van der Waals surface area contributed by atoms with Crippen LogP contribution in [0.15, 0.2) is 23.1 Å². The molecule has 2 N–H and O–H groups in total. The molecule has 1 aliphatic carbocycles. The molecule has 0 saturated heterocycles. The normalized spacial score (nSPS) is 18.2. The van der Waals surface area contributed by atoms with Crippen LogP contribution in [-0.4, -0.2) is 33.6 Å². The van der Waals surface area contributed by atoms with Crippen LogP contribution in [0.4, 0.5) is 10.5 Å². The first-order valence-electron chi connectivity index (χ1n) is 8.22. The third kappa shape index (κ3) is 3.35. The van der Waals surface area contributed by atoms with E-state index in [1.54, 1.807) is 23.1 Å². The summed E-state index contributed by atoms with van der Waals surface area (Å²) in [6, 6.07) is 4.95. The fourth-order valence-electron chi connectivity index (χ4n) is 3.33. The van der Waals surface area contributed by atoms with Crippen molar-refractivity contribution in [3.05, 3.63) is 23.8 Å². The average molecular weight is 337 g/mol. The van der Waals surface area contributed by atoms with Gasteiger partial charge in [-0.25, -0.2) is 17.9 Å². The molecule has 1 heterocycles. The van der Waals surface area contributed by atoms with Crippen LogP contribution in [-0.2, 0) is 16.4 Å². The molecule has 126 valence electrons. The number of hydrogen-bond acceptors (Lipinski definition) is 3. The number of amides is 2. The maximum absolute atomic E-state index is 12.5. The lowest BCUT2D eigenvalue weighted by atomic mass is 10.2. The second-order valence-electron chi connectivity index (χ2n) is 6.13. The number of fused-ring (bicyclic) bond motifs is 1. The van der Waals surface area contributed by atoms with E-state index in [0.717, 1.165) is 36.9 Å². The van der Waals surface area contributed by atoms with E-state index < -0.39 is 10.0 Å². The fraction of sp³-hybridized carbons (Fsp3) is 0.562. The third-order valence-corrected chi connectivity index (χ3v) is 6.03. The zero-order chi connectivity index (χ0) is 16.4. The average Bonchev–Trinajstić information content (AvgIpc) is 3.15. The molecule has 0 atom stereocenters. The topological polar surface area (TPSA) is 78.5 Å². The number of carbonyl (C=O) groups excluding carboxylic acids is 1. The Bertz CT molecular complexity index is 697. The molecule has 7 heteroatoms. The van der Waals surface area contributed by atoms with Gasteiger partial charge in [-0.1, -0.05) is 12.8 Å². The zero-order valence-corrected chi connectivity index (χ0v) is 14.2. The van der Waals surface area contributed by atoms with E-state index in [-0.39, 0.29) is 12.1 Å². The summed E-state index contributed by atoms with van der Waals surface area (Å²) in [5.74, 6) is 0. The number of carbonyl (C=O) groups is 1. The molecule has 1 fully saturated rings. The molecular weight excluding hydrogens is 314 g/mol. The van der Waals surface area contributed by atoms with Gasteiger partial charge in [0.25, 0.3) is 0 Å². The summed E-state index contributed by atoms with van der Waals surface area (Å²) < 4.78 is 27.8. The molecule has 1 aromatic carbocycles. The molecule has 1 aliphatic heterocycles. The molecule has 1 saturated carbocycles. The van der Waals surface area contributed by atoms with Crippen molar-refractivity contribution in [3.63, 3.8) is 0 Å². The Morgan fingerprint density at radius 2 is 2.04 bits per heavy atom. The van der Waals surface area contributed by atoms with Crippen LogP contribution in [0.5, 0.6) is 0 Å². The molecule has 1 aromatic rings. The number of rotatable bonds is 4. The van der Waals surface area contributed by atoms with Gasteiger partial charge in [0.1, 0.15) is 0 Å².